The molecule has 0 radical (unpaired) electrons. The Morgan fingerprint density at radius 1 is 1.36 bits per heavy atom. The molecule has 1 aromatic carbocycles. The lowest BCUT2D eigenvalue weighted by molar-refractivity contribution is -0.140. The molecule has 0 aliphatic rings. The Hall–Kier alpha value is -2.88. The number of hydrogen-bond acceptors (Lipinski definition) is 5. The minimum absolute atomic E-state index is 0.000549. The second-order valence-electron chi connectivity index (χ2n) is 4.70. The third-order valence-electron chi connectivity index (χ3n) is 3.08. The van der Waals surface area contributed by atoms with E-state index in [1.807, 2.05) is 6.07 Å². The summed E-state index contributed by atoms with van der Waals surface area (Å²) >= 11 is 0. The predicted molar refractivity (Wildman–Crippen MR) is 76.1 cm³/mol. The van der Waals surface area contributed by atoms with Crippen LogP contribution in [0.15, 0.2) is 24.3 Å². The molecule has 2 N–H and O–H groups in total. The monoisotopic (exact) mass is 304 g/mol. The lowest BCUT2D eigenvalue weighted by Gasteiger charge is -2.19. The van der Waals surface area contributed by atoms with Crippen LogP contribution in [-0.2, 0) is 9.53 Å². The average Bonchev–Trinajstić information content (AvgIpc) is 2.51. The van der Waals surface area contributed by atoms with E-state index in [4.69, 9.17) is 10.4 Å². The lowest BCUT2D eigenvalue weighted by atomic mass is 9.98. The SMILES string of the molecule is COC(=O)c1cccc(C(=O)N[C@H](C(=O)O)[C@@H](C)CC#N)c1. The highest BCUT2D eigenvalue weighted by Gasteiger charge is 2.27. The highest BCUT2D eigenvalue weighted by atomic mass is 16.5. The third-order valence-corrected chi connectivity index (χ3v) is 3.08. The number of carboxylic acids is 1. The fourth-order valence-corrected chi connectivity index (χ4v) is 1.84. The number of nitriles is 1. The van der Waals surface area contributed by atoms with Crippen molar-refractivity contribution in [1.29, 1.82) is 5.26 Å². The Labute approximate surface area is 127 Å². The summed E-state index contributed by atoms with van der Waals surface area (Å²) in [6, 6.07) is 6.43. The fraction of sp³-hybridized carbons (Fsp3) is 0.333. The van der Waals surface area contributed by atoms with Crippen LogP contribution < -0.4 is 5.32 Å². The van der Waals surface area contributed by atoms with Crippen LogP contribution in [0, 0.1) is 17.2 Å². The molecular formula is C15H16N2O5. The Kier molecular flexibility index (Phi) is 6.08. The van der Waals surface area contributed by atoms with Gasteiger partial charge >= 0.3 is 11.9 Å². The number of methoxy groups -OCH3 is 1. The van der Waals surface area contributed by atoms with Crippen molar-refractivity contribution < 1.29 is 24.2 Å². The molecular weight excluding hydrogens is 288 g/mol. The summed E-state index contributed by atoms with van der Waals surface area (Å²) in [5.41, 5.74) is 0.324. The molecule has 2 atom stereocenters. The Morgan fingerprint density at radius 2 is 2.00 bits per heavy atom. The molecule has 7 heteroatoms. The zero-order valence-corrected chi connectivity index (χ0v) is 12.2. The van der Waals surface area contributed by atoms with Gasteiger partial charge in [0.25, 0.3) is 5.91 Å². The van der Waals surface area contributed by atoms with E-state index in [2.05, 4.69) is 10.1 Å². The van der Waals surface area contributed by atoms with Crippen molar-refractivity contribution in [3.8, 4) is 6.07 Å². The quantitative estimate of drug-likeness (QED) is 0.763. The van der Waals surface area contributed by atoms with Crippen molar-refractivity contribution in [3.63, 3.8) is 0 Å². The van der Waals surface area contributed by atoms with E-state index in [9.17, 15) is 14.4 Å². The topological polar surface area (TPSA) is 116 Å². The van der Waals surface area contributed by atoms with Gasteiger partial charge in [0.2, 0.25) is 0 Å². The van der Waals surface area contributed by atoms with Crippen LogP contribution in [0.1, 0.15) is 34.1 Å². The molecule has 0 bridgehead atoms. The molecule has 0 heterocycles. The number of nitrogens with zero attached hydrogens (tertiary/aromatic N) is 1. The smallest absolute Gasteiger partial charge is 0.337 e. The number of hydrogen-bond donors (Lipinski definition) is 2. The van der Waals surface area contributed by atoms with Crippen molar-refractivity contribution in [3.05, 3.63) is 35.4 Å². The number of ether oxygens (including phenoxy) is 1. The van der Waals surface area contributed by atoms with Gasteiger partial charge in [-0.05, 0) is 18.2 Å². The second-order valence-corrected chi connectivity index (χ2v) is 4.70. The second kappa shape index (κ2) is 7.78. The third kappa shape index (κ3) is 4.31. The number of carboxylic acid groups (broad SMARTS) is 1. The maximum absolute atomic E-state index is 12.1. The number of benzene rings is 1. The maximum Gasteiger partial charge on any atom is 0.337 e. The van der Waals surface area contributed by atoms with Crippen LogP contribution in [0.2, 0.25) is 0 Å². The standard InChI is InChI=1S/C15H16N2O5/c1-9(6-7-16)12(14(19)20)17-13(18)10-4-3-5-11(8-10)15(21)22-2/h3-5,8-9,12H,6H2,1-2H3,(H,17,18)(H,19,20)/t9-,12-/m0/s1. The Morgan fingerprint density at radius 3 is 2.55 bits per heavy atom. The van der Waals surface area contributed by atoms with E-state index in [1.54, 1.807) is 6.92 Å². The molecule has 7 nitrogen and oxygen atoms in total. The number of rotatable bonds is 6. The number of esters is 1. The fourth-order valence-electron chi connectivity index (χ4n) is 1.84. The first-order valence-electron chi connectivity index (χ1n) is 6.49. The first-order chi connectivity index (χ1) is 10.4. The van der Waals surface area contributed by atoms with Gasteiger partial charge in [-0.25, -0.2) is 9.59 Å². The van der Waals surface area contributed by atoms with E-state index < -0.39 is 29.8 Å². The highest BCUT2D eigenvalue weighted by molar-refractivity contribution is 5.99. The molecule has 0 unspecified atom stereocenters. The molecule has 0 aliphatic carbocycles. The van der Waals surface area contributed by atoms with Crippen LogP contribution >= 0.6 is 0 Å². The van der Waals surface area contributed by atoms with E-state index in [-0.39, 0.29) is 17.5 Å². The van der Waals surface area contributed by atoms with Crippen molar-refractivity contribution in [1.82, 2.24) is 5.32 Å². The number of carbonyl (C=O) groups excluding carboxylic acids is 2. The zero-order chi connectivity index (χ0) is 16.7. The molecule has 0 aromatic heterocycles. The number of amides is 1. The number of nitrogens with one attached hydrogen (secondary N) is 1. The van der Waals surface area contributed by atoms with Gasteiger partial charge in [-0.1, -0.05) is 13.0 Å². The molecule has 1 rings (SSSR count). The van der Waals surface area contributed by atoms with Gasteiger partial charge < -0.3 is 15.2 Å². The van der Waals surface area contributed by atoms with Gasteiger partial charge in [0, 0.05) is 17.9 Å². The molecule has 1 amide bonds. The summed E-state index contributed by atoms with van der Waals surface area (Å²) in [6.07, 6.45) is -0.000549. The molecule has 116 valence electrons. The predicted octanol–water partition coefficient (Wildman–Crippen LogP) is 1.21. The van der Waals surface area contributed by atoms with Crippen LogP contribution in [0.5, 0.6) is 0 Å². The normalized spacial score (nSPS) is 12.6. The van der Waals surface area contributed by atoms with E-state index in [0.717, 1.165) is 0 Å². The van der Waals surface area contributed by atoms with Gasteiger partial charge in [-0.2, -0.15) is 5.26 Å². The van der Waals surface area contributed by atoms with Gasteiger partial charge in [-0.15, -0.1) is 0 Å². The van der Waals surface area contributed by atoms with Crippen LogP contribution in [0.25, 0.3) is 0 Å². The number of aliphatic carboxylic acids is 1. The molecule has 0 saturated carbocycles. The van der Waals surface area contributed by atoms with Crippen LogP contribution in [0.3, 0.4) is 0 Å². The summed E-state index contributed by atoms with van der Waals surface area (Å²) in [4.78, 5) is 34.8. The summed E-state index contributed by atoms with van der Waals surface area (Å²) in [5, 5.41) is 20.1. The zero-order valence-electron chi connectivity index (χ0n) is 12.2. The van der Waals surface area contributed by atoms with Crippen molar-refractivity contribution in [2.75, 3.05) is 7.11 Å². The van der Waals surface area contributed by atoms with Gasteiger partial charge in [0.05, 0.1) is 18.7 Å². The number of carbonyl (C=O) groups is 3. The average molecular weight is 304 g/mol. The first kappa shape index (κ1) is 17.2. The minimum Gasteiger partial charge on any atom is -0.480 e. The summed E-state index contributed by atoms with van der Waals surface area (Å²) in [7, 11) is 1.22. The van der Waals surface area contributed by atoms with Crippen molar-refractivity contribution >= 4 is 17.8 Å². The largest absolute Gasteiger partial charge is 0.480 e. The maximum atomic E-state index is 12.1. The van der Waals surface area contributed by atoms with Gasteiger partial charge in [0.1, 0.15) is 6.04 Å². The highest BCUT2D eigenvalue weighted by Crippen LogP contribution is 2.11. The van der Waals surface area contributed by atoms with E-state index >= 15 is 0 Å². The molecule has 0 spiro atoms. The first-order valence-corrected chi connectivity index (χ1v) is 6.49. The minimum atomic E-state index is -1.22. The summed E-state index contributed by atoms with van der Waals surface area (Å²) in [5.74, 6) is -3.00. The summed E-state index contributed by atoms with van der Waals surface area (Å²) < 4.78 is 4.56. The van der Waals surface area contributed by atoms with Crippen molar-refractivity contribution in [2.45, 2.75) is 19.4 Å². The van der Waals surface area contributed by atoms with E-state index in [0.29, 0.717) is 0 Å². The summed E-state index contributed by atoms with van der Waals surface area (Å²) in [6.45, 7) is 1.56. The Bertz CT molecular complexity index is 621. The van der Waals surface area contributed by atoms with Gasteiger partial charge in [0.15, 0.2) is 0 Å². The molecule has 0 aliphatic heterocycles. The Balaban J connectivity index is 2.93. The molecule has 1 aromatic rings. The molecule has 0 saturated heterocycles. The molecule has 0 fully saturated rings. The van der Waals surface area contributed by atoms with Crippen LogP contribution in [0.4, 0.5) is 0 Å². The van der Waals surface area contributed by atoms with Crippen molar-refractivity contribution in [2.24, 2.45) is 5.92 Å². The van der Waals surface area contributed by atoms with E-state index in [1.165, 1.54) is 31.4 Å². The van der Waals surface area contributed by atoms with Crippen LogP contribution in [-0.4, -0.2) is 36.1 Å². The molecule has 22 heavy (non-hydrogen) atoms. The lowest BCUT2D eigenvalue weighted by Crippen LogP contribution is -2.45. The van der Waals surface area contributed by atoms with Gasteiger partial charge in [-0.3, -0.25) is 4.79 Å².